The van der Waals surface area contributed by atoms with Gasteiger partial charge >= 0.3 is 0 Å². The molecular formula is C16H26N4O. The Labute approximate surface area is 126 Å². The number of hydrogen-bond acceptors (Lipinski definition) is 5. The van der Waals surface area contributed by atoms with Gasteiger partial charge in [0.15, 0.2) is 0 Å². The molecule has 0 spiro atoms. The molecule has 2 fully saturated rings. The predicted molar refractivity (Wildman–Crippen MR) is 84.8 cm³/mol. The Morgan fingerprint density at radius 1 is 1.24 bits per heavy atom. The van der Waals surface area contributed by atoms with E-state index in [2.05, 4.69) is 43.3 Å². The van der Waals surface area contributed by atoms with E-state index in [9.17, 15) is 0 Å². The molecule has 0 saturated carbocycles. The molecular weight excluding hydrogens is 264 g/mol. The molecule has 0 amide bonds. The Balaban J connectivity index is 1.81. The van der Waals surface area contributed by atoms with Gasteiger partial charge in [-0.25, -0.2) is 9.97 Å². The average molecular weight is 290 g/mol. The average Bonchev–Trinajstić information content (AvgIpc) is 3.00. The van der Waals surface area contributed by atoms with Crippen molar-refractivity contribution in [1.29, 1.82) is 0 Å². The molecule has 0 radical (unpaired) electrons. The molecule has 5 heteroatoms. The molecule has 2 aliphatic heterocycles. The van der Waals surface area contributed by atoms with Crippen molar-refractivity contribution < 1.29 is 4.74 Å². The number of ether oxygens (including phenoxy) is 1. The topological polar surface area (TPSA) is 59.1 Å². The van der Waals surface area contributed by atoms with Gasteiger partial charge in [-0.15, -0.1) is 0 Å². The molecule has 2 saturated heterocycles. The van der Waals surface area contributed by atoms with Gasteiger partial charge in [0, 0.05) is 18.0 Å². The Hall–Kier alpha value is -1.36. The van der Waals surface area contributed by atoms with Crippen LogP contribution < -0.4 is 10.6 Å². The van der Waals surface area contributed by atoms with Crippen LogP contribution in [-0.2, 0) is 10.2 Å². The van der Waals surface area contributed by atoms with E-state index in [4.69, 9.17) is 9.72 Å². The van der Waals surface area contributed by atoms with Crippen LogP contribution in [0.3, 0.4) is 0 Å². The van der Waals surface area contributed by atoms with Crippen molar-refractivity contribution in [2.45, 2.75) is 70.6 Å². The van der Waals surface area contributed by atoms with Gasteiger partial charge in [-0.1, -0.05) is 20.8 Å². The van der Waals surface area contributed by atoms with Crippen molar-refractivity contribution in [2.75, 3.05) is 17.2 Å². The molecule has 3 atom stereocenters. The molecule has 21 heavy (non-hydrogen) atoms. The largest absolute Gasteiger partial charge is 0.373 e. The molecule has 1 aromatic heterocycles. The Morgan fingerprint density at radius 3 is 2.57 bits per heavy atom. The summed E-state index contributed by atoms with van der Waals surface area (Å²) in [6, 6.07) is 2.39. The summed E-state index contributed by atoms with van der Waals surface area (Å²) in [4.78, 5) is 9.34. The van der Waals surface area contributed by atoms with Gasteiger partial charge in [0.2, 0.25) is 0 Å². The van der Waals surface area contributed by atoms with Crippen molar-refractivity contribution in [1.82, 2.24) is 9.97 Å². The van der Waals surface area contributed by atoms with Crippen LogP contribution in [0.1, 0.15) is 52.8 Å². The number of anilines is 2. The fourth-order valence-corrected chi connectivity index (χ4v) is 3.11. The Kier molecular flexibility index (Phi) is 3.78. The molecule has 2 bridgehead atoms. The van der Waals surface area contributed by atoms with Crippen molar-refractivity contribution in [2.24, 2.45) is 0 Å². The SMILES string of the molecule is CCNc1cc(NC2CC3CCC2O3)nc(C(C)(C)C)n1. The maximum absolute atomic E-state index is 5.91. The second-order valence-electron chi connectivity index (χ2n) is 7.10. The quantitative estimate of drug-likeness (QED) is 0.893. The lowest BCUT2D eigenvalue weighted by molar-refractivity contribution is 0.102. The fraction of sp³-hybridized carbons (Fsp3) is 0.750. The van der Waals surface area contributed by atoms with Gasteiger partial charge in [-0.3, -0.25) is 0 Å². The first-order valence-electron chi connectivity index (χ1n) is 8.01. The van der Waals surface area contributed by atoms with Gasteiger partial charge in [0.25, 0.3) is 0 Å². The fourth-order valence-electron chi connectivity index (χ4n) is 3.11. The highest BCUT2D eigenvalue weighted by Crippen LogP contribution is 2.36. The highest BCUT2D eigenvalue weighted by Gasteiger charge is 2.40. The maximum Gasteiger partial charge on any atom is 0.138 e. The zero-order valence-corrected chi connectivity index (χ0v) is 13.4. The van der Waals surface area contributed by atoms with E-state index in [0.717, 1.165) is 30.4 Å². The monoisotopic (exact) mass is 290 g/mol. The van der Waals surface area contributed by atoms with E-state index in [1.54, 1.807) is 0 Å². The second kappa shape index (κ2) is 5.44. The third kappa shape index (κ3) is 3.12. The minimum Gasteiger partial charge on any atom is -0.373 e. The first-order valence-corrected chi connectivity index (χ1v) is 8.01. The lowest BCUT2D eigenvalue weighted by atomic mass is 9.95. The lowest BCUT2D eigenvalue weighted by Gasteiger charge is -2.23. The molecule has 2 aliphatic rings. The summed E-state index contributed by atoms with van der Waals surface area (Å²) in [6.45, 7) is 9.36. The third-order valence-electron chi connectivity index (χ3n) is 4.19. The van der Waals surface area contributed by atoms with Crippen molar-refractivity contribution >= 4 is 11.6 Å². The van der Waals surface area contributed by atoms with Gasteiger partial charge in [-0.05, 0) is 26.2 Å². The molecule has 3 unspecified atom stereocenters. The molecule has 2 N–H and O–H groups in total. The lowest BCUT2D eigenvalue weighted by Crippen LogP contribution is -2.31. The summed E-state index contributed by atoms with van der Waals surface area (Å²) in [5, 5.41) is 6.86. The highest BCUT2D eigenvalue weighted by atomic mass is 16.5. The highest BCUT2D eigenvalue weighted by molar-refractivity contribution is 5.49. The van der Waals surface area contributed by atoms with Crippen LogP contribution in [0.5, 0.6) is 0 Å². The first-order chi connectivity index (χ1) is 9.95. The predicted octanol–water partition coefficient (Wildman–Crippen LogP) is 2.94. The van der Waals surface area contributed by atoms with E-state index in [-0.39, 0.29) is 5.41 Å². The first kappa shape index (κ1) is 14.6. The smallest absolute Gasteiger partial charge is 0.138 e. The zero-order chi connectivity index (χ0) is 15.0. The summed E-state index contributed by atoms with van der Waals surface area (Å²) in [6.07, 6.45) is 4.27. The minimum atomic E-state index is -0.0625. The van der Waals surface area contributed by atoms with Gasteiger partial charge in [0.1, 0.15) is 17.5 Å². The number of fused-ring (bicyclic) bond motifs is 2. The number of aromatic nitrogens is 2. The van der Waals surface area contributed by atoms with Crippen molar-refractivity contribution in [3.63, 3.8) is 0 Å². The van der Waals surface area contributed by atoms with E-state index in [0.29, 0.717) is 18.2 Å². The van der Waals surface area contributed by atoms with Crippen molar-refractivity contribution in [3.8, 4) is 0 Å². The molecule has 116 valence electrons. The molecule has 5 nitrogen and oxygen atoms in total. The number of hydrogen-bond donors (Lipinski definition) is 2. The van der Waals surface area contributed by atoms with Crippen LogP contribution >= 0.6 is 0 Å². The van der Waals surface area contributed by atoms with Crippen molar-refractivity contribution in [3.05, 3.63) is 11.9 Å². The number of nitrogens with one attached hydrogen (secondary N) is 2. The summed E-state index contributed by atoms with van der Waals surface area (Å²) in [5.74, 6) is 2.67. The van der Waals surface area contributed by atoms with Crippen LogP contribution in [0.15, 0.2) is 6.07 Å². The standard InChI is InChI=1S/C16H26N4O/c1-5-17-13-9-14(20-15(19-13)16(2,3)4)18-11-8-10-6-7-12(11)21-10/h9-12H,5-8H2,1-4H3,(H2,17,18,19,20). The molecule has 0 aromatic carbocycles. The third-order valence-corrected chi connectivity index (χ3v) is 4.19. The molecule has 0 aliphatic carbocycles. The maximum atomic E-state index is 5.91. The molecule has 1 aromatic rings. The summed E-state index contributed by atoms with van der Waals surface area (Å²) in [7, 11) is 0. The minimum absolute atomic E-state index is 0.0625. The molecule has 3 heterocycles. The van der Waals surface area contributed by atoms with E-state index >= 15 is 0 Å². The van der Waals surface area contributed by atoms with Crippen LogP contribution in [0.25, 0.3) is 0 Å². The van der Waals surface area contributed by atoms with Crippen LogP contribution in [0.2, 0.25) is 0 Å². The van der Waals surface area contributed by atoms with Crippen LogP contribution in [0, 0.1) is 0 Å². The van der Waals surface area contributed by atoms with Gasteiger partial charge in [-0.2, -0.15) is 0 Å². The summed E-state index contributed by atoms with van der Waals surface area (Å²) in [5.41, 5.74) is -0.0625. The summed E-state index contributed by atoms with van der Waals surface area (Å²) >= 11 is 0. The van der Waals surface area contributed by atoms with Gasteiger partial charge < -0.3 is 15.4 Å². The van der Waals surface area contributed by atoms with Gasteiger partial charge in [0.05, 0.1) is 18.2 Å². The molecule has 3 rings (SSSR count). The number of rotatable bonds is 4. The normalized spacial score (nSPS) is 27.9. The zero-order valence-electron chi connectivity index (χ0n) is 13.4. The van der Waals surface area contributed by atoms with E-state index < -0.39 is 0 Å². The second-order valence-corrected chi connectivity index (χ2v) is 7.10. The van der Waals surface area contributed by atoms with Crippen LogP contribution in [-0.4, -0.2) is 34.8 Å². The Bertz CT molecular complexity index is 511. The van der Waals surface area contributed by atoms with Crippen LogP contribution in [0.4, 0.5) is 11.6 Å². The summed E-state index contributed by atoms with van der Waals surface area (Å²) < 4.78 is 5.91. The number of nitrogens with zero attached hydrogens (tertiary/aromatic N) is 2. The van der Waals surface area contributed by atoms with E-state index in [1.807, 2.05) is 6.07 Å². The van der Waals surface area contributed by atoms with E-state index in [1.165, 1.54) is 12.8 Å². The Morgan fingerprint density at radius 2 is 2.00 bits per heavy atom.